The van der Waals surface area contributed by atoms with Crippen molar-refractivity contribution in [2.75, 3.05) is 14.2 Å². The third-order valence-corrected chi connectivity index (χ3v) is 3.50. The smallest absolute Gasteiger partial charge is 0.303 e. The molecule has 2 rings (SSSR count). The van der Waals surface area contributed by atoms with Gasteiger partial charge in [-0.3, -0.25) is 4.79 Å². The molecule has 0 amide bonds. The third kappa shape index (κ3) is 2.42. The standard InChI is InChI=1S/C14H18O4/c1-17-12-6-9-4-3-5-10(7-14(15)16)11(9)8-13(12)18-2/h6,8,10H,3-5,7H2,1-2H3,(H,15,16)/t10-/m1/s1. The van der Waals surface area contributed by atoms with Gasteiger partial charge >= 0.3 is 5.97 Å². The molecule has 1 aliphatic carbocycles. The predicted octanol–water partition coefficient (Wildman–Crippen LogP) is 2.60. The first-order valence-electron chi connectivity index (χ1n) is 6.12. The fourth-order valence-corrected chi connectivity index (χ4v) is 2.65. The average Bonchev–Trinajstić information content (AvgIpc) is 2.37. The zero-order valence-corrected chi connectivity index (χ0v) is 10.7. The molecule has 1 atom stereocenters. The van der Waals surface area contributed by atoms with Crippen LogP contribution in [0.3, 0.4) is 0 Å². The Morgan fingerprint density at radius 1 is 1.33 bits per heavy atom. The quantitative estimate of drug-likeness (QED) is 0.892. The number of hydrogen-bond donors (Lipinski definition) is 1. The lowest BCUT2D eigenvalue weighted by Gasteiger charge is -2.25. The van der Waals surface area contributed by atoms with Crippen LogP contribution in [0.5, 0.6) is 11.5 Å². The van der Waals surface area contributed by atoms with Gasteiger partial charge in [0.25, 0.3) is 0 Å². The summed E-state index contributed by atoms with van der Waals surface area (Å²) in [6, 6.07) is 3.91. The third-order valence-electron chi connectivity index (χ3n) is 3.50. The maximum atomic E-state index is 10.9. The van der Waals surface area contributed by atoms with Crippen LogP contribution in [-0.2, 0) is 11.2 Å². The van der Waals surface area contributed by atoms with Crippen molar-refractivity contribution in [1.82, 2.24) is 0 Å². The van der Waals surface area contributed by atoms with Gasteiger partial charge in [-0.2, -0.15) is 0 Å². The molecule has 0 spiro atoms. The molecule has 1 N–H and O–H groups in total. The summed E-state index contributed by atoms with van der Waals surface area (Å²) in [5.74, 6) is 0.731. The molecule has 0 fully saturated rings. The SMILES string of the molecule is COc1cc2c(cc1OC)[C@@H](CC(=O)O)CCC2. The minimum atomic E-state index is -0.748. The molecule has 4 heteroatoms. The van der Waals surface area contributed by atoms with Crippen molar-refractivity contribution >= 4 is 5.97 Å². The number of benzene rings is 1. The Hall–Kier alpha value is -1.71. The molecule has 18 heavy (non-hydrogen) atoms. The van der Waals surface area contributed by atoms with Crippen LogP contribution in [0, 0.1) is 0 Å². The van der Waals surface area contributed by atoms with Crippen molar-refractivity contribution in [3.63, 3.8) is 0 Å². The van der Waals surface area contributed by atoms with Gasteiger partial charge < -0.3 is 14.6 Å². The molecule has 0 heterocycles. The highest BCUT2D eigenvalue weighted by atomic mass is 16.5. The number of ether oxygens (including phenoxy) is 2. The van der Waals surface area contributed by atoms with Crippen LogP contribution < -0.4 is 9.47 Å². The van der Waals surface area contributed by atoms with Crippen LogP contribution in [0.15, 0.2) is 12.1 Å². The summed E-state index contributed by atoms with van der Waals surface area (Å²) >= 11 is 0. The second kappa shape index (κ2) is 5.29. The molecule has 4 nitrogen and oxygen atoms in total. The van der Waals surface area contributed by atoms with Crippen LogP contribution in [0.1, 0.15) is 36.3 Å². The van der Waals surface area contributed by atoms with Crippen molar-refractivity contribution in [3.05, 3.63) is 23.3 Å². The Morgan fingerprint density at radius 2 is 2.00 bits per heavy atom. The molecule has 1 aliphatic rings. The minimum Gasteiger partial charge on any atom is -0.493 e. The van der Waals surface area contributed by atoms with E-state index in [1.165, 1.54) is 5.56 Å². The summed E-state index contributed by atoms with van der Waals surface area (Å²) in [6.07, 6.45) is 3.11. The summed E-state index contributed by atoms with van der Waals surface area (Å²) in [7, 11) is 3.21. The predicted molar refractivity (Wildman–Crippen MR) is 67.5 cm³/mol. The van der Waals surface area contributed by atoms with E-state index in [0.29, 0.717) is 11.5 Å². The normalized spacial score (nSPS) is 18.0. The van der Waals surface area contributed by atoms with E-state index in [4.69, 9.17) is 14.6 Å². The molecule has 0 bridgehead atoms. The lowest BCUT2D eigenvalue weighted by molar-refractivity contribution is -0.137. The highest BCUT2D eigenvalue weighted by molar-refractivity contribution is 5.68. The summed E-state index contributed by atoms with van der Waals surface area (Å²) < 4.78 is 10.6. The molecule has 0 aromatic heterocycles. The summed E-state index contributed by atoms with van der Waals surface area (Å²) in [4.78, 5) is 10.9. The van der Waals surface area contributed by atoms with Crippen molar-refractivity contribution in [1.29, 1.82) is 0 Å². The largest absolute Gasteiger partial charge is 0.493 e. The first-order valence-corrected chi connectivity index (χ1v) is 6.12. The van der Waals surface area contributed by atoms with Gasteiger partial charge in [0.1, 0.15) is 0 Å². The lowest BCUT2D eigenvalue weighted by atomic mass is 9.81. The van der Waals surface area contributed by atoms with Crippen LogP contribution in [0.25, 0.3) is 0 Å². The van der Waals surface area contributed by atoms with Crippen LogP contribution in [0.4, 0.5) is 0 Å². The van der Waals surface area contributed by atoms with Gasteiger partial charge in [0, 0.05) is 0 Å². The molecule has 1 aromatic rings. The molecular weight excluding hydrogens is 232 g/mol. The van der Waals surface area contributed by atoms with Crippen molar-refractivity contribution < 1.29 is 19.4 Å². The Bertz CT molecular complexity index is 453. The maximum absolute atomic E-state index is 10.9. The van der Waals surface area contributed by atoms with E-state index in [-0.39, 0.29) is 12.3 Å². The van der Waals surface area contributed by atoms with Gasteiger partial charge in [-0.15, -0.1) is 0 Å². The van der Waals surface area contributed by atoms with Crippen LogP contribution in [0.2, 0.25) is 0 Å². The first-order chi connectivity index (χ1) is 8.65. The fourth-order valence-electron chi connectivity index (χ4n) is 2.65. The lowest BCUT2D eigenvalue weighted by Crippen LogP contribution is -2.14. The Morgan fingerprint density at radius 3 is 2.61 bits per heavy atom. The summed E-state index contributed by atoms with van der Waals surface area (Å²) in [6.45, 7) is 0. The highest BCUT2D eigenvalue weighted by Gasteiger charge is 2.24. The van der Waals surface area contributed by atoms with Gasteiger partial charge in [-0.1, -0.05) is 0 Å². The van der Waals surface area contributed by atoms with E-state index in [1.807, 2.05) is 12.1 Å². The van der Waals surface area contributed by atoms with Crippen LogP contribution >= 0.6 is 0 Å². The van der Waals surface area contributed by atoms with Gasteiger partial charge in [-0.25, -0.2) is 0 Å². The molecule has 0 unspecified atom stereocenters. The average molecular weight is 250 g/mol. The molecule has 0 radical (unpaired) electrons. The topological polar surface area (TPSA) is 55.8 Å². The molecular formula is C14H18O4. The second-order valence-electron chi connectivity index (χ2n) is 4.59. The van der Waals surface area contributed by atoms with Gasteiger partial charge in [0.15, 0.2) is 11.5 Å². The van der Waals surface area contributed by atoms with E-state index >= 15 is 0 Å². The van der Waals surface area contributed by atoms with Crippen molar-refractivity contribution in [2.24, 2.45) is 0 Å². The number of carboxylic acid groups (broad SMARTS) is 1. The number of aryl methyl sites for hydroxylation is 1. The number of carboxylic acids is 1. The van der Waals surface area contributed by atoms with E-state index in [9.17, 15) is 4.79 Å². The monoisotopic (exact) mass is 250 g/mol. The molecule has 0 saturated carbocycles. The summed E-state index contributed by atoms with van der Waals surface area (Å²) in [5.41, 5.74) is 2.28. The van der Waals surface area contributed by atoms with E-state index < -0.39 is 5.97 Å². The van der Waals surface area contributed by atoms with Gasteiger partial charge in [-0.05, 0) is 48.4 Å². The fraction of sp³-hybridized carbons (Fsp3) is 0.500. The van der Waals surface area contributed by atoms with Crippen molar-refractivity contribution in [2.45, 2.75) is 31.6 Å². The Kier molecular flexibility index (Phi) is 3.75. The summed E-state index contributed by atoms with van der Waals surface area (Å²) in [5, 5.41) is 8.96. The van der Waals surface area contributed by atoms with Gasteiger partial charge in [0.2, 0.25) is 0 Å². The zero-order chi connectivity index (χ0) is 13.1. The zero-order valence-electron chi connectivity index (χ0n) is 10.7. The minimum absolute atomic E-state index is 0.0889. The van der Waals surface area contributed by atoms with E-state index in [1.54, 1.807) is 14.2 Å². The second-order valence-corrected chi connectivity index (χ2v) is 4.59. The molecule has 0 aliphatic heterocycles. The maximum Gasteiger partial charge on any atom is 0.303 e. The van der Waals surface area contributed by atoms with Crippen molar-refractivity contribution in [3.8, 4) is 11.5 Å². The Balaban J connectivity index is 2.40. The molecule has 0 saturated heterocycles. The van der Waals surface area contributed by atoms with Crippen LogP contribution in [-0.4, -0.2) is 25.3 Å². The van der Waals surface area contributed by atoms with E-state index in [2.05, 4.69) is 0 Å². The first kappa shape index (κ1) is 12.7. The number of methoxy groups -OCH3 is 2. The number of carbonyl (C=O) groups is 1. The number of aliphatic carboxylic acids is 1. The number of fused-ring (bicyclic) bond motifs is 1. The molecule has 1 aromatic carbocycles. The Labute approximate surface area is 107 Å². The van der Waals surface area contributed by atoms with E-state index in [0.717, 1.165) is 24.8 Å². The van der Waals surface area contributed by atoms with Gasteiger partial charge in [0.05, 0.1) is 20.6 Å². The highest BCUT2D eigenvalue weighted by Crippen LogP contribution is 2.40. The number of hydrogen-bond acceptors (Lipinski definition) is 3. The number of rotatable bonds is 4. The molecule has 98 valence electrons.